The molecule has 0 amide bonds. The normalized spacial score (nSPS) is 24.2. The molecule has 2 aromatic rings. The molecule has 5 nitrogen and oxygen atoms in total. The first-order valence-corrected chi connectivity index (χ1v) is 11.2. The quantitative estimate of drug-likeness (QED) is 0.703. The lowest BCUT2D eigenvalue weighted by Gasteiger charge is -2.44. The van der Waals surface area contributed by atoms with Crippen LogP contribution in [0.5, 0.6) is 0 Å². The van der Waals surface area contributed by atoms with Gasteiger partial charge in [-0.1, -0.05) is 36.4 Å². The molecular weight excluding hydrogens is 412 g/mol. The van der Waals surface area contributed by atoms with Crippen LogP contribution in [-0.4, -0.2) is 70.0 Å². The van der Waals surface area contributed by atoms with Gasteiger partial charge in [0.05, 0.1) is 18.7 Å². The zero-order chi connectivity index (χ0) is 22.9. The van der Waals surface area contributed by atoms with Crippen LogP contribution < -0.4 is 0 Å². The van der Waals surface area contributed by atoms with Crippen LogP contribution in [0.25, 0.3) is 0 Å². The summed E-state index contributed by atoms with van der Waals surface area (Å²) in [6.07, 6.45) is 0. The van der Waals surface area contributed by atoms with Crippen LogP contribution in [0.15, 0.2) is 48.5 Å². The van der Waals surface area contributed by atoms with E-state index >= 15 is 0 Å². The summed E-state index contributed by atoms with van der Waals surface area (Å²) in [4.78, 5) is 17.7. The number of rotatable bonds is 7. The Kier molecular flexibility index (Phi) is 6.60. The molecular formula is C25H31F2N3O2. The number of aromatic carboxylic acids is 1. The lowest BCUT2D eigenvalue weighted by Crippen LogP contribution is -2.55. The minimum Gasteiger partial charge on any atom is -0.478 e. The number of carboxylic acids is 1. The van der Waals surface area contributed by atoms with Crippen molar-refractivity contribution in [3.63, 3.8) is 0 Å². The van der Waals surface area contributed by atoms with E-state index in [2.05, 4.69) is 35.8 Å². The third-order valence-corrected chi connectivity index (χ3v) is 6.46. The number of alkyl halides is 2. The molecule has 1 N–H and O–H groups in total. The van der Waals surface area contributed by atoms with Gasteiger partial charge in [0.15, 0.2) is 0 Å². The van der Waals surface area contributed by atoms with E-state index in [1.807, 2.05) is 24.3 Å². The number of hydrogen-bond donors (Lipinski definition) is 1. The summed E-state index contributed by atoms with van der Waals surface area (Å²) in [5, 5.41) is 9.06. The van der Waals surface area contributed by atoms with Gasteiger partial charge >= 0.3 is 5.97 Å². The van der Waals surface area contributed by atoms with Crippen molar-refractivity contribution in [2.75, 3.05) is 26.2 Å². The Bertz CT molecular complexity index is 930. The van der Waals surface area contributed by atoms with Gasteiger partial charge in [-0.25, -0.2) is 13.6 Å². The average molecular weight is 444 g/mol. The molecule has 0 unspecified atom stereocenters. The molecule has 2 fully saturated rings. The molecule has 0 bridgehead atoms. The van der Waals surface area contributed by atoms with Crippen molar-refractivity contribution in [3.05, 3.63) is 70.8 Å². The highest BCUT2D eigenvalue weighted by Crippen LogP contribution is 2.28. The molecule has 2 aliphatic rings. The Labute approximate surface area is 188 Å². The number of halogens is 2. The van der Waals surface area contributed by atoms with Crippen molar-refractivity contribution in [3.8, 4) is 0 Å². The number of benzene rings is 2. The van der Waals surface area contributed by atoms with E-state index in [4.69, 9.17) is 5.11 Å². The zero-order valence-corrected chi connectivity index (χ0v) is 18.7. The largest absolute Gasteiger partial charge is 0.478 e. The molecule has 7 heteroatoms. The first-order valence-electron chi connectivity index (χ1n) is 11.2. The van der Waals surface area contributed by atoms with Gasteiger partial charge in [0.1, 0.15) is 0 Å². The summed E-state index contributed by atoms with van der Waals surface area (Å²) in [7, 11) is 0. The molecule has 0 radical (unpaired) electrons. The van der Waals surface area contributed by atoms with Crippen molar-refractivity contribution in [2.24, 2.45) is 0 Å². The second kappa shape index (κ2) is 9.25. The topological polar surface area (TPSA) is 47.0 Å². The van der Waals surface area contributed by atoms with Crippen LogP contribution in [0, 0.1) is 0 Å². The van der Waals surface area contributed by atoms with Crippen molar-refractivity contribution in [2.45, 2.75) is 51.5 Å². The van der Waals surface area contributed by atoms with E-state index in [0.717, 1.165) is 37.3 Å². The molecule has 2 atom stereocenters. The Morgan fingerprint density at radius 3 is 2.03 bits per heavy atom. The molecule has 0 aliphatic carbocycles. The van der Waals surface area contributed by atoms with E-state index in [1.165, 1.54) is 5.56 Å². The number of nitrogens with zero attached hydrogens (tertiary/aromatic N) is 3. The number of likely N-dealkylation sites (tertiary alicyclic amines) is 1. The third kappa shape index (κ3) is 5.52. The van der Waals surface area contributed by atoms with Gasteiger partial charge in [-0.2, -0.15) is 0 Å². The number of carboxylic acid groups (broad SMARTS) is 1. The van der Waals surface area contributed by atoms with Gasteiger partial charge in [0.25, 0.3) is 5.92 Å². The minimum atomic E-state index is -2.53. The smallest absolute Gasteiger partial charge is 0.335 e. The lowest BCUT2D eigenvalue weighted by molar-refractivity contribution is -0.133. The van der Waals surface area contributed by atoms with Crippen LogP contribution in [0.2, 0.25) is 0 Å². The standard InChI is InChI=1S/C25H31F2N3O2/c1-18-11-28(13-20-6-8-23(9-7-20)24(31)32)12-19(2)30(18)15-22-5-3-4-21(10-22)14-29-16-25(26,27)17-29/h3-10,18-19H,11-17H2,1-2H3,(H,31,32)/t18-,19+. The van der Waals surface area contributed by atoms with Crippen LogP contribution >= 0.6 is 0 Å². The molecule has 0 spiro atoms. The monoisotopic (exact) mass is 443 g/mol. The van der Waals surface area contributed by atoms with Gasteiger partial charge in [-0.3, -0.25) is 14.7 Å². The SMILES string of the molecule is C[C@@H]1CN(Cc2ccc(C(=O)O)cc2)C[C@H](C)N1Cc1cccc(CN2CC(F)(F)C2)c1. The maximum absolute atomic E-state index is 13.1. The maximum Gasteiger partial charge on any atom is 0.335 e. The zero-order valence-electron chi connectivity index (χ0n) is 18.7. The van der Waals surface area contributed by atoms with Crippen molar-refractivity contribution in [1.82, 2.24) is 14.7 Å². The van der Waals surface area contributed by atoms with Gasteiger partial charge in [0, 0.05) is 44.8 Å². The Morgan fingerprint density at radius 2 is 1.47 bits per heavy atom. The van der Waals surface area contributed by atoms with E-state index in [9.17, 15) is 13.6 Å². The van der Waals surface area contributed by atoms with Gasteiger partial charge in [0.2, 0.25) is 0 Å². The predicted molar refractivity (Wildman–Crippen MR) is 120 cm³/mol. The summed E-state index contributed by atoms with van der Waals surface area (Å²) >= 11 is 0. The van der Waals surface area contributed by atoms with Crippen LogP contribution in [-0.2, 0) is 19.6 Å². The molecule has 2 heterocycles. The molecule has 0 aromatic heterocycles. The van der Waals surface area contributed by atoms with E-state index in [0.29, 0.717) is 24.2 Å². The second-order valence-corrected chi connectivity index (χ2v) is 9.39. The number of carbonyl (C=O) groups is 1. The van der Waals surface area contributed by atoms with Gasteiger partial charge < -0.3 is 5.11 Å². The van der Waals surface area contributed by atoms with Crippen LogP contribution in [0.4, 0.5) is 8.78 Å². The van der Waals surface area contributed by atoms with Gasteiger partial charge in [-0.05, 0) is 42.7 Å². The maximum atomic E-state index is 13.1. The molecule has 32 heavy (non-hydrogen) atoms. The molecule has 2 aliphatic heterocycles. The second-order valence-electron chi connectivity index (χ2n) is 9.39. The summed E-state index contributed by atoms with van der Waals surface area (Å²) in [5.74, 6) is -3.43. The number of hydrogen-bond acceptors (Lipinski definition) is 4. The fourth-order valence-electron chi connectivity index (χ4n) is 4.93. The molecule has 2 aromatic carbocycles. The summed E-state index contributed by atoms with van der Waals surface area (Å²) < 4.78 is 26.2. The van der Waals surface area contributed by atoms with Crippen molar-refractivity contribution in [1.29, 1.82) is 0 Å². The summed E-state index contributed by atoms with van der Waals surface area (Å²) in [6, 6.07) is 16.1. The summed E-state index contributed by atoms with van der Waals surface area (Å²) in [6.45, 7) is 8.28. The van der Waals surface area contributed by atoms with Crippen LogP contribution in [0.3, 0.4) is 0 Å². The van der Waals surface area contributed by atoms with Gasteiger partial charge in [-0.15, -0.1) is 0 Å². The Hall–Kier alpha value is -2.35. The first-order chi connectivity index (χ1) is 15.2. The average Bonchev–Trinajstić information content (AvgIpc) is 2.70. The Morgan fingerprint density at radius 1 is 0.906 bits per heavy atom. The summed E-state index contributed by atoms with van der Waals surface area (Å²) in [5.41, 5.74) is 3.73. The number of piperazine rings is 1. The predicted octanol–water partition coefficient (Wildman–Crippen LogP) is 3.93. The van der Waals surface area contributed by atoms with E-state index < -0.39 is 11.9 Å². The highest BCUT2D eigenvalue weighted by Gasteiger charge is 2.43. The van der Waals surface area contributed by atoms with Crippen molar-refractivity contribution < 1.29 is 18.7 Å². The van der Waals surface area contributed by atoms with Crippen LogP contribution in [0.1, 0.15) is 40.9 Å². The molecule has 0 saturated carbocycles. The first kappa shape index (κ1) is 22.8. The third-order valence-electron chi connectivity index (χ3n) is 6.46. The molecule has 2 saturated heterocycles. The Balaban J connectivity index is 1.33. The molecule has 172 valence electrons. The van der Waals surface area contributed by atoms with E-state index in [-0.39, 0.29) is 13.1 Å². The molecule has 4 rings (SSSR count). The highest BCUT2D eigenvalue weighted by atomic mass is 19.3. The highest BCUT2D eigenvalue weighted by molar-refractivity contribution is 5.87. The van der Waals surface area contributed by atoms with Crippen molar-refractivity contribution >= 4 is 5.97 Å². The fourth-order valence-corrected chi connectivity index (χ4v) is 4.93. The fraction of sp³-hybridized carbons (Fsp3) is 0.480. The minimum absolute atomic E-state index is 0.147. The lowest BCUT2D eigenvalue weighted by atomic mass is 10.0. The van der Waals surface area contributed by atoms with E-state index in [1.54, 1.807) is 17.0 Å².